The van der Waals surface area contributed by atoms with Gasteiger partial charge in [-0.2, -0.15) is 0 Å². The molecule has 0 saturated carbocycles. The molecule has 2 radical (unpaired) electrons. The fraction of sp³-hybridized carbons (Fsp3) is 1.00. The summed E-state index contributed by atoms with van der Waals surface area (Å²) < 4.78 is 20.9. The van der Waals surface area contributed by atoms with Gasteiger partial charge in [-0.05, 0) is 0 Å². The Morgan fingerprint density at radius 1 is 1.60 bits per heavy atom. The molecular weight excluding hydrogens is 222 g/mol. The summed E-state index contributed by atoms with van der Waals surface area (Å²) >= 11 is 0. The molecule has 5 atom stereocenters. The summed E-state index contributed by atoms with van der Waals surface area (Å²) in [5, 5.41) is 18.1. The first-order valence-corrected chi connectivity index (χ1v) is 6.53. The maximum atomic E-state index is 11.0. The summed E-state index contributed by atoms with van der Waals surface area (Å²) in [6.07, 6.45) is -3.37. The lowest BCUT2D eigenvalue weighted by Gasteiger charge is -2.17. The van der Waals surface area contributed by atoms with Gasteiger partial charge >= 0.3 is 0 Å². The smallest absolute Gasteiger partial charge is 0.250 e. The standard InChI is InChI=1S/C7H14BO6P/c1-4-5(10)7(14-6(4)8)13-3-15(11,12)2-9/h4-7,9-10H,2-3H2,1H3,(H,11,12). The lowest BCUT2D eigenvalue weighted by atomic mass is 9.87. The maximum absolute atomic E-state index is 11.0. The third kappa shape index (κ3) is 3.27. The van der Waals surface area contributed by atoms with Crippen molar-refractivity contribution in [1.29, 1.82) is 0 Å². The molecule has 1 fully saturated rings. The highest BCUT2D eigenvalue weighted by molar-refractivity contribution is 7.57. The molecule has 0 bridgehead atoms. The molecule has 0 aromatic rings. The predicted molar refractivity (Wildman–Crippen MR) is 52.4 cm³/mol. The molecule has 1 aliphatic heterocycles. The van der Waals surface area contributed by atoms with Crippen molar-refractivity contribution < 1.29 is 29.1 Å². The van der Waals surface area contributed by atoms with Crippen LogP contribution < -0.4 is 0 Å². The Bertz CT molecular complexity index is 262. The lowest BCUT2D eigenvalue weighted by molar-refractivity contribution is -0.145. The lowest BCUT2D eigenvalue weighted by Crippen LogP contribution is -2.28. The number of aliphatic hydroxyl groups is 2. The fourth-order valence-corrected chi connectivity index (χ4v) is 1.63. The largest absolute Gasteiger partial charge is 0.387 e. The third-order valence-electron chi connectivity index (χ3n) is 2.29. The number of hydrogen-bond donors (Lipinski definition) is 3. The van der Waals surface area contributed by atoms with Crippen molar-refractivity contribution in [3.05, 3.63) is 0 Å². The van der Waals surface area contributed by atoms with Gasteiger partial charge in [-0.25, -0.2) is 0 Å². The Morgan fingerprint density at radius 3 is 2.60 bits per heavy atom. The summed E-state index contributed by atoms with van der Waals surface area (Å²) in [7, 11) is 1.80. The minimum absolute atomic E-state index is 0.304. The Morgan fingerprint density at radius 2 is 2.20 bits per heavy atom. The molecule has 6 nitrogen and oxygen atoms in total. The Labute approximate surface area is 89.1 Å². The van der Waals surface area contributed by atoms with E-state index in [0.717, 1.165) is 0 Å². The van der Waals surface area contributed by atoms with E-state index in [2.05, 4.69) is 0 Å². The molecule has 8 heteroatoms. The van der Waals surface area contributed by atoms with Crippen LogP contribution in [0.15, 0.2) is 0 Å². The molecule has 5 unspecified atom stereocenters. The summed E-state index contributed by atoms with van der Waals surface area (Å²) in [4.78, 5) is 9.01. The van der Waals surface area contributed by atoms with E-state index in [9.17, 15) is 9.67 Å². The normalized spacial score (nSPS) is 40.3. The van der Waals surface area contributed by atoms with Gasteiger partial charge in [0.05, 0.1) is 0 Å². The van der Waals surface area contributed by atoms with E-state index in [1.807, 2.05) is 0 Å². The van der Waals surface area contributed by atoms with E-state index in [4.69, 9.17) is 27.3 Å². The first-order valence-electron chi connectivity index (χ1n) is 4.50. The average molecular weight is 236 g/mol. The van der Waals surface area contributed by atoms with E-state index in [-0.39, 0.29) is 5.92 Å². The van der Waals surface area contributed by atoms with Crippen LogP contribution in [-0.4, -0.2) is 54.0 Å². The number of aliphatic hydroxyl groups excluding tert-OH is 2. The highest BCUT2D eigenvalue weighted by Crippen LogP contribution is 2.40. The predicted octanol–water partition coefficient (Wildman–Crippen LogP) is -0.971. The molecule has 86 valence electrons. The third-order valence-corrected chi connectivity index (χ3v) is 3.28. The molecule has 15 heavy (non-hydrogen) atoms. The monoisotopic (exact) mass is 236 g/mol. The van der Waals surface area contributed by atoms with E-state index in [0.29, 0.717) is 0 Å². The Kier molecular flexibility index (Phi) is 4.34. The van der Waals surface area contributed by atoms with Crippen molar-refractivity contribution in [1.82, 2.24) is 0 Å². The van der Waals surface area contributed by atoms with Crippen LogP contribution in [-0.2, 0) is 14.0 Å². The first-order chi connectivity index (χ1) is 6.87. The highest BCUT2D eigenvalue weighted by Gasteiger charge is 2.39. The van der Waals surface area contributed by atoms with Crippen LogP contribution in [0.25, 0.3) is 0 Å². The van der Waals surface area contributed by atoms with E-state index < -0.39 is 38.5 Å². The van der Waals surface area contributed by atoms with E-state index >= 15 is 0 Å². The zero-order valence-corrected chi connectivity index (χ0v) is 9.21. The van der Waals surface area contributed by atoms with Gasteiger partial charge in [0, 0.05) is 11.9 Å². The molecule has 0 aromatic heterocycles. The van der Waals surface area contributed by atoms with Crippen molar-refractivity contribution in [3.63, 3.8) is 0 Å². The second-order valence-electron chi connectivity index (χ2n) is 3.60. The zero-order chi connectivity index (χ0) is 11.6. The van der Waals surface area contributed by atoms with Crippen LogP contribution in [0.4, 0.5) is 0 Å². The van der Waals surface area contributed by atoms with Gasteiger partial charge in [-0.3, -0.25) is 4.57 Å². The second kappa shape index (κ2) is 4.95. The summed E-state index contributed by atoms with van der Waals surface area (Å²) in [6.45, 7) is 1.68. The molecule has 1 saturated heterocycles. The quantitative estimate of drug-likeness (QED) is 0.429. The molecular formula is C7H14BO6P. The second-order valence-corrected chi connectivity index (χ2v) is 5.84. The van der Waals surface area contributed by atoms with Crippen LogP contribution >= 0.6 is 7.37 Å². The van der Waals surface area contributed by atoms with Gasteiger partial charge in [-0.15, -0.1) is 0 Å². The van der Waals surface area contributed by atoms with Crippen LogP contribution in [0.3, 0.4) is 0 Å². The van der Waals surface area contributed by atoms with Crippen molar-refractivity contribution in [3.8, 4) is 0 Å². The molecule has 3 N–H and O–H groups in total. The first kappa shape index (κ1) is 13.2. The molecule has 1 aliphatic rings. The topological polar surface area (TPSA) is 96.2 Å². The number of ether oxygens (including phenoxy) is 2. The SMILES string of the molecule is [B]C1OC(OCP(=O)(O)CO)C(O)C1C. The maximum Gasteiger partial charge on any atom is 0.250 e. The van der Waals surface area contributed by atoms with Gasteiger partial charge in [-0.1, -0.05) is 6.92 Å². The van der Waals surface area contributed by atoms with E-state index in [1.165, 1.54) is 0 Å². The molecule has 1 heterocycles. The minimum Gasteiger partial charge on any atom is -0.387 e. The van der Waals surface area contributed by atoms with Gasteiger partial charge in [0.25, 0.3) is 0 Å². The van der Waals surface area contributed by atoms with Crippen LogP contribution in [0.5, 0.6) is 0 Å². The molecule has 0 aliphatic carbocycles. The Hall–Kier alpha value is 0.0949. The molecule has 0 aromatic carbocycles. The van der Waals surface area contributed by atoms with Crippen LogP contribution in [0, 0.1) is 5.92 Å². The molecule has 1 rings (SSSR count). The minimum atomic E-state index is -3.69. The van der Waals surface area contributed by atoms with E-state index in [1.54, 1.807) is 6.92 Å². The summed E-state index contributed by atoms with van der Waals surface area (Å²) in [6, 6.07) is -0.655. The van der Waals surface area contributed by atoms with Crippen LogP contribution in [0.2, 0.25) is 0 Å². The fourth-order valence-electron chi connectivity index (χ4n) is 1.17. The van der Waals surface area contributed by atoms with Crippen molar-refractivity contribution >= 4 is 15.2 Å². The van der Waals surface area contributed by atoms with Gasteiger partial charge in [0.15, 0.2) is 6.29 Å². The Balaban J connectivity index is 2.44. The molecule has 0 amide bonds. The van der Waals surface area contributed by atoms with Gasteiger partial charge in [0.2, 0.25) is 7.37 Å². The summed E-state index contributed by atoms with van der Waals surface area (Å²) in [5.74, 6) is -0.304. The van der Waals surface area contributed by atoms with Crippen LogP contribution in [0.1, 0.15) is 6.92 Å². The average Bonchev–Trinajstić information content (AvgIpc) is 2.43. The zero-order valence-electron chi connectivity index (χ0n) is 8.31. The summed E-state index contributed by atoms with van der Waals surface area (Å²) in [5.41, 5.74) is 0. The van der Waals surface area contributed by atoms with Crippen molar-refractivity contribution in [2.75, 3.05) is 12.7 Å². The van der Waals surface area contributed by atoms with Gasteiger partial charge in [0.1, 0.15) is 26.6 Å². The van der Waals surface area contributed by atoms with Crippen molar-refractivity contribution in [2.24, 2.45) is 5.92 Å². The molecule has 0 spiro atoms. The number of rotatable bonds is 4. The van der Waals surface area contributed by atoms with Crippen molar-refractivity contribution in [2.45, 2.75) is 25.3 Å². The highest BCUT2D eigenvalue weighted by atomic mass is 31.2. The van der Waals surface area contributed by atoms with Gasteiger partial charge < -0.3 is 24.6 Å². The number of hydrogen-bond acceptors (Lipinski definition) is 5.